The zero-order valence-electron chi connectivity index (χ0n) is 26.8. The first-order chi connectivity index (χ1) is 21.8. The average Bonchev–Trinajstić information content (AvgIpc) is 3.62. The highest BCUT2D eigenvalue weighted by molar-refractivity contribution is 8.00. The molecule has 0 radical (unpaired) electrons. The Hall–Kier alpha value is -3.71. The number of unbranched alkanes of at least 4 members (excludes halogenated alkanes) is 1. The van der Waals surface area contributed by atoms with E-state index in [4.69, 9.17) is 14.3 Å². The van der Waals surface area contributed by atoms with Crippen LogP contribution in [-0.4, -0.2) is 91.9 Å². The normalized spacial score (nSPS) is 28.2. The SMILES string of the molecule is CC1=C/[C@@H](O)CC(=O)Cc2nc(co2)C(=O)N2CC[C@@H](SCCCCC(=O)O)[C@@H]2C(=O)O[C@H](C(C)C)[C@H](C)/C=C\C(=O)CN/C=C\1. The zero-order valence-corrected chi connectivity index (χ0v) is 27.7. The Kier molecular flexibility index (Phi) is 14.3. The van der Waals surface area contributed by atoms with Crippen molar-refractivity contribution in [2.75, 3.05) is 18.8 Å². The highest BCUT2D eigenvalue weighted by Crippen LogP contribution is 2.33. The van der Waals surface area contributed by atoms with Gasteiger partial charge in [-0.05, 0) is 56.2 Å². The summed E-state index contributed by atoms with van der Waals surface area (Å²) < 4.78 is 11.5. The van der Waals surface area contributed by atoms with Crippen LogP contribution in [0.1, 0.15) is 76.2 Å². The minimum atomic E-state index is -1.05. The van der Waals surface area contributed by atoms with E-state index in [-0.39, 0.29) is 72.6 Å². The predicted molar refractivity (Wildman–Crippen MR) is 172 cm³/mol. The Labute approximate surface area is 273 Å². The Morgan fingerprint density at radius 2 is 1.96 bits per heavy atom. The number of ketones is 2. The molecule has 252 valence electrons. The van der Waals surface area contributed by atoms with Crippen molar-refractivity contribution in [1.29, 1.82) is 0 Å². The Morgan fingerprint density at radius 3 is 2.67 bits per heavy atom. The molecule has 3 heterocycles. The maximum absolute atomic E-state index is 13.9. The number of allylic oxidation sites excluding steroid dienone is 2. The summed E-state index contributed by atoms with van der Waals surface area (Å²) in [6.45, 7) is 7.75. The lowest BCUT2D eigenvalue weighted by Crippen LogP contribution is -2.47. The molecule has 1 amide bonds. The van der Waals surface area contributed by atoms with Crippen molar-refractivity contribution in [3.05, 3.63) is 53.9 Å². The Bertz CT molecular complexity index is 1340. The molecule has 0 spiro atoms. The quantitative estimate of drug-likeness (QED) is 0.287. The monoisotopic (exact) mass is 659 g/mol. The fraction of sp³-hybridized carbons (Fsp3) is 0.576. The number of fused-ring (bicyclic) bond motifs is 3. The number of carbonyl (C=O) groups is 5. The maximum Gasteiger partial charge on any atom is 0.330 e. The van der Waals surface area contributed by atoms with Crippen LogP contribution in [0.3, 0.4) is 0 Å². The molecule has 0 aliphatic carbocycles. The van der Waals surface area contributed by atoms with E-state index in [0.717, 1.165) is 6.26 Å². The lowest BCUT2D eigenvalue weighted by atomic mass is 9.93. The summed E-state index contributed by atoms with van der Waals surface area (Å²) in [5.74, 6) is -2.26. The van der Waals surface area contributed by atoms with Gasteiger partial charge in [-0.3, -0.25) is 19.2 Å². The van der Waals surface area contributed by atoms with Gasteiger partial charge in [-0.2, -0.15) is 11.8 Å². The van der Waals surface area contributed by atoms with Crippen LogP contribution in [0.15, 0.2) is 46.8 Å². The number of aliphatic hydroxyl groups is 1. The average molecular weight is 660 g/mol. The molecule has 1 saturated heterocycles. The lowest BCUT2D eigenvalue weighted by Gasteiger charge is -2.31. The molecule has 3 rings (SSSR count). The van der Waals surface area contributed by atoms with Gasteiger partial charge < -0.3 is 29.6 Å². The van der Waals surface area contributed by atoms with Gasteiger partial charge in [-0.15, -0.1) is 0 Å². The van der Waals surface area contributed by atoms with Crippen LogP contribution in [0.25, 0.3) is 0 Å². The topological polar surface area (TPSA) is 176 Å². The van der Waals surface area contributed by atoms with Crippen LogP contribution in [-0.2, 0) is 30.3 Å². The number of oxazole rings is 1. The molecule has 1 aromatic rings. The third-order valence-electron chi connectivity index (χ3n) is 7.73. The Morgan fingerprint density at radius 1 is 1.20 bits per heavy atom. The smallest absolute Gasteiger partial charge is 0.330 e. The number of thioether (sulfide) groups is 1. The van der Waals surface area contributed by atoms with Crippen molar-refractivity contribution >= 4 is 41.2 Å². The summed E-state index contributed by atoms with van der Waals surface area (Å²) in [7, 11) is 0. The fourth-order valence-corrected chi connectivity index (χ4v) is 6.81. The molecule has 2 bridgehead atoms. The van der Waals surface area contributed by atoms with Gasteiger partial charge in [0.2, 0.25) is 5.89 Å². The van der Waals surface area contributed by atoms with Gasteiger partial charge in [-0.25, -0.2) is 9.78 Å². The van der Waals surface area contributed by atoms with Crippen molar-refractivity contribution in [2.45, 2.75) is 89.7 Å². The number of carboxylic acid groups (broad SMARTS) is 1. The maximum atomic E-state index is 13.9. The second-order valence-corrected chi connectivity index (χ2v) is 13.4. The molecule has 0 unspecified atom stereocenters. The molecule has 12 nitrogen and oxygen atoms in total. The van der Waals surface area contributed by atoms with Crippen LogP contribution in [0.2, 0.25) is 0 Å². The van der Waals surface area contributed by atoms with E-state index in [0.29, 0.717) is 30.6 Å². The fourth-order valence-electron chi connectivity index (χ4n) is 5.42. The lowest BCUT2D eigenvalue weighted by molar-refractivity contribution is -0.157. The number of aromatic nitrogens is 1. The van der Waals surface area contributed by atoms with Crippen LogP contribution in [0.4, 0.5) is 0 Å². The van der Waals surface area contributed by atoms with Crippen molar-refractivity contribution in [1.82, 2.24) is 15.2 Å². The number of carbonyl (C=O) groups excluding carboxylic acids is 4. The number of esters is 1. The number of cyclic esters (lactones) is 1. The minimum Gasteiger partial charge on any atom is -0.481 e. The van der Waals surface area contributed by atoms with E-state index in [1.54, 1.807) is 25.3 Å². The van der Waals surface area contributed by atoms with Gasteiger partial charge in [0.15, 0.2) is 11.5 Å². The van der Waals surface area contributed by atoms with E-state index in [1.807, 2.05) is 20.8 Å². The first kappa shape index (κ1) is 36.8. The van der Waals surface area contributed by atoms with Gasteiger partial charge >= 0.3 is 11.9 Å². The molecule has 5 atom stereocenters. The number of amides is 1. The van der Waals surface area contributed by atoms with Gasteiger partial charge in [0, 0.05) is 30.6 Å². The Balaban J connectivity index is 1.89. The van der Waals surface area contributed by atoms with Crippen LogP contribution in [0.5, 0.6) is 0 Å². The molecule has 1 aromatic heterocycles. The van der Waals surface area contributed by atoms with Crippen molar-refractivity contribution in [3.63, 3.8) is 0 Å². The molecular weight excluding hydrogens is 614 g/mol. The minimum absolute atomic E-state index is 0.0246. The van der Waals surface area contributed by atoms with Crippen molar-refractivity contribution < 1.29 is 43.3 Å². The largest absolute Gasteiger partial charge is 0.481 e. The van der Waals surface area contributed by atoms with Gasteiger partial charge in [0.1, 0.15) is 24.2 Å². The second kappa shape index (κ2) is 17.8. The first-order valence-electron chi connectivity index (χ1n) is 15.6. The number of hydrogen-bond donors (Lipinski definition) is 3. The van der Waals surface area contributed by atoms with E-state index < -0.39 is 36.1 Å². The number of hydrogen-bond acceptors (Lipinski definition) is 11. The number of aliphatic hydroxyl groups excluding tert-OH is 1. The number of carboxylic acids is 1. The number of ether oxygens (including phenoxy) is 1. The summed E-state index contributed by atoms with van der Waals surface area (Å²) in [6, 6.07) is -0.930. The predicted octanol–water partition coefficient (Wildman–Crippen LogP) is 3.50. The summed E-state index contributed by atoms with van der Waals surface area (Å²) in [6.07, 6.45) is 8.80. The van der Waals surface area contributed by atoms with E-state index in [2.05, 4.69) is 10.3 Å². The molecule has 13 heteroatoms. The molecule has 2 aliphatic heterocycles. The third-order valence-corrected chi connectivity index (χ3v) is 9.17. The highest BCUT2D eigenvalue weighted by atomic mass is 32.2. The molecule has 0 saturated carbocycles. The molecular formula is C33H45N3O9S. The molecule has 46 heavy (non-hydrogen) atoms. The van der Waals surface area contributed by atoms with E-state index in [1.165, 1.54) is 28.8 Å². The molecule has 2 aliphatic rings. The third kappa shape index (κ3) is 11.3. The summed E-state index contributed by atoms with van der Waals surface area (Å²) >= 11 is 1.51. The molecule has 3 N–H and O–H groups in total. The number of aliphatic carboxylic acids is 1. The van der Waals surface area contributed by atoms with E-state index in [9.17, 15) is 29.1 Å². The van der Waals surface area contributed by atoms with Gasteiger partial charge in [0.25, 0.3) is 5.91 Å². The van der Waals surface area contributed by atoms with Gasteiger partial charge in [-0.1, -0.05) is 38.5 Å². The number of Topliss-reactive ketones (excluding diaryl/α,β-unsaturated/α-hetero) is 1. The summed E-state index contributed by atoms with van der Waals surface area (Å²) in [5.41, 5.74) is 0.639. The highest BCUT2D eigenvalue weighted by Gasteiger charge is 2.45. The van der Waals surface area contributed by atoms with Crippen LogP contribution < -0.4 is 5.32 Å². The van der Waals surface area contributed by atoms with E-state index >= 15 is 0 Å². The first-order valence-corrected chi connectivity index (χ1v) is 16.7. The standard InChI is InChI=1S/C33H45N3O9S/c1-20(2)31-22(4)8-9-23(37)18-34-12-10-21(3)15-24(38)16-25(39)17-28-35-26(19-44-28)32(42)36-13-11-27(30(36)33(43)45-31)46-14-6-5-7-29(40)41/h8-10,12,15,19-20,22,24,27,30-31,34,38H,5-7,11,13-14,16-18H2,1-4H3,(H,40,41)/b9-8-,12-10-,21-15-/t22-,24-,27-,30-,31-/m1/s1. The number of nitrogens with one attached hydrogen (secondary N) is 1. The number of rotatable bonds is 7. The van der Waals surface area contributed by atoms with Crippen molar-refractivity contribution in [2.24, 2.45) is 11.8 Å². The summed E-state index contributed by atoms with van der Waals surface area (Å²) in [4.78, 5) is 69.2. The number of nitrogens with zero attached hydrogens (tertiary/aromatic N) is 2. The van der Waals surface area contributed by atoms with Gasteiger partial charge in [0.05, 0.1) is 19.1 Å². The van der Waals surface area contributed by atoms with Crippen LogP contribution >= 0.6 is 11.8 Å². The second-order valence-electron chi connectivity index (χ2n) is 12.1. The summed E-state index contributed by atoms with van der Waals surface area (Å²) in [5, 5.41) is 21.9. The molecule has 1 fully saturated rings. The molecule has 0 aromatic carbocycles. The van der Waals surface area contributed by atoms with Crippen LogP contribution in [0, 0.1) is 11.8 Å². The zero-order chi connectivity index (χ0) is 33.8. The van der Waals surface area contributed by atoms with Crippen molar-refractivity contribution in [3.8, 4) is 0 Å².